The van der Waals surface area contributed by atoms with E-state index in [9.17, 15) is 33.9 Å². The van der Waals surface area contributed by atoms with Gasteiger partial charge in [-0.1, -0.05) is 0 Å². The maximum Gasteiger partial charge on any atom is 0.326 e. The topological polar surface area (TPSA) is 248 Å². The van der Waals surface area contributed by atoms with Crippen molar-refractivity contribution in [2.24, 2.45) is 17.2 Å². The quantitative estimate of drug-likeness (QED) is 0.125. The maximum absolute atomic E-state index is 13.0. The second-order valence-electron chi connectivity index (χ2n) is 7.81. The molecular formula is C19H32N6O8. The van der Waals surface area contributed by atoms with Crippen LogP contribution in [0.25, 0.3) is 0 Å². The summed E-state index contributed by atoms with van der Waals surface area (Å²) in [5.74, 6) is -5.93. The van der Waals surface area contributed by atoms with Crippen LogP contribution in [0.3, 0.4) is 0 Å². The molecule has 0 aromatic rings. The highest BCUT2D eigenvalue weighted by atomic mass is 16.4. The van der Waals surface area contributed by atoms with Gasteiger partial charge in [0.25, 0.3) is 0 Å². The lowest BCUT2D eigenvalue weighted by molar-refractivity contribution is -0.147. The van der Waals surface area contributed by atoms with Gasteiger partial charge in [-0.15, -0.1) is 0 Å². The van der Waals surface area contributed by atoms with Gasteiger partial charge in [0.05, 0.1) is 18.9 Å². The van der Waals surface area contributed by atoms with Crippen molar-refractivity contribution < 1.29 is 39.0 Å². The molecule has 0 bridgehead atoms. The summed E-state index contributed by atoms with van der Waals surface area (Å²) in [6, 6.07) is -5.11. The normalized spacial score (nSPS) is 18.1. The first kappa shape index (κ1) is 27.8. The van der Waals surface area contributed by atoms with Gasteiger partial charge in [0.1, 0.15) is 18.1 Å². The van der Waals surface area contributed by atoms with E-state index >= 15 is 0 Å². The lowest BCUT2D eigenvalue weighted by Gasteiger charge is -2.29. The van der Waals surface area contributed by atoms with Gasteiger partial charge in [0.15, 0.2) is 0 Å². The summed E-state index contributed by atoms with van der Waals surface area (Å²) in [6.07, 6.45) is 0.603. The van der Waals surface area contributed by atoms with E-state index < -0.39 is 72.6 Å². The fourth-order valence-corrected chi connectivity index (χ4v) is 3.48. The van der Waals surface area contributed by atoms with Crippen molar-refractivity contribution in [1.29, 1.82) is 0 Å². The van der Waals surface area contributed by atoms with E-state index in [0.29, 0.717) is 25.8 Å². The van der Waals surface area contributed by atoms with Crippen LogP contribution in [0, 0.1) is 0 Å². The second kappa shape index (κ2) is 13.3. The lowest BCUT2D eigenvalue weighted by atomic mass is 10.1. The third-order valence-electron chi connectivity index (χ3n) is 5.15. The predicted molar refractivity (Wildman–Crippen MR) is 113 cm³/mol. The number of carbonyl (C=O) groups excluding carboxylic acids is 4. The van der Waals surface area contributed by atoms with E-state index in [2.05, 4.69) is 10.6 Å². The number of carboxylic acids is 2. The molecule has 14 nitrogen and oxygen atoms in total. The molecule has 1 rings (SSSR count). The van der Waals surface area contributed by atoms with Crippen molar-refractivity contribution in [2.75, 3.05) is 13.1 Å². The molecular weight excluding hydrogens is 440 g/mol. The number of amides is 4. The van der Waals surface area contributed by atoms with Crippen molar-refractivity contribution in [1.82, 2.24) is 15.5 Å². The molecule has 10 N–H and O–H groups in total. The number of carbonyl (C=O) groups is 6. The molecule has 0 radical (unpaired) electrons. The number of likely N-dealkylation sites (tertiary alicyclic amines) is 1. The fourth-order valence-electron chi connectivity index (χ4n) is 3.48. The van der Waals surface area contributed by atoms with Crippen LogP contribution in [-0.2, 0) is 28.8 Å². The first-order valence-corrected chi connectivity index (χ1v) is 10.6. The monoisotopic (exact) mass is 472 g/mol. The average molecular weight is 472 g/mol. The first-order valence-electron chi connectivity index (χ1n) is 10.6. The van der Waals surface area contributed by atoms with E-state index in [-0.39, 0.29) is 19.4 Å². The zero-order chi connectivity index (χ0) is 25.1. The minimum Gasteiger partial charge on any atom is -0.481 e. The van der Waals surface area contributed by atoms with Gasteiger partial charge in [0.2, 0.25) is 23.6 Å². The largest absolute Gasteiger partial charge is 0.481 e. The summed E-state index contributed by atoms with van der Waals surface area (Å²) in [4.78, 5) is 72.7. The molecule has 14 heteroatoms. The van der Waals surface area contributed by atoms with Gasteiger partial charge in [-0.05, 0) is 38.6 Å². The average Bonchev–Trinajstić information content (AvgIpc) is 3.21. The molecule has 1 fully saturated rings. The molecule has 0 spiro atoms. The third-order valence-corrected chi connectivity index (χ3v) is 5.15. The molecule has 186 valence electrons. The Balaban J connectivity index is 2.92. The van der Waals surface area contributed by atoms with Crippen LogP contribution in [0.5, 0.6) is 0 Å². The van der Waals surface area contributed by atoms with E-state index in [4.69, 9.17) is 22.3 Å². The SMILES string of the molecule is NCCCCC(NC(=O)C1CCCN1C(=O)C(CC(=O)O)NC(=O)C(N)CC(N)=O)C(=O)O. The van der Waals surface area contributed by atoms with Gasteiger partial charge in [-0.3, -0.25) is 24.0 Å². The molecule has 4 unspecified atom stereocenters. The van der Waals surface area contributed by atoms with Crippen molar-refractivity contribution in [2.45, 2.75) is 69.1 Å². The minimum absolute atomic E-state index is 0.112. The van der Waals surface area contributed by atoms with Crippen LogP contribution in [-0.4, -0.2) is 87.9 Å². The zero-order valence-electron chi connectivity index (χ0n) is 18.2. The van der Waals surface area contributed by atoms with Crippen LogP contribution >= 0.6 is 0 Å². The van der Waals surface area contributed by atoms with Crippen LogP contribution in [0.2, 0.25) is 0 Å². The number of primary amides is 1. The molecule has 1 saturated heterocycles. The molecule has 4 amide bonds. The molecule has 0 saturated carbocycles. The number of nitrogens with two attached hydrogens (primary N) is 3. The van der Waals surface area contributed by atoms with Crippen molar-refractivity contribution in [3.05, 3.63) is 0 Å². The van der Waals surface area contributed by atoms with E-state index in [1.807, 2.05) is 0 Å². The smallest absolute Gasteiger partial charge is 0.326 e. The Labute approximate surface area is 190 Å². The standard InChI is InChI=1S/C19H32N6O8/c20-6-2-1-4-11(19(32)33)23-17(30)13-5-3-7-25(13)18(31)12(9-15(27)28)24-16(29)10(21)8-14(22)26/h10-13H,1-9,20-21H2,(H2,22,26)(H,23,30)(H,24,29)(H,27,28)(H,32,33). The Bertz CT molecular complexity index is 761. The van der Waals surface area contributed by atoms with Crippen molar-refractivity contribution >= 4 is 35.6 Å². The number of hydrogen-bond acceptors (Lipinski definition) is 8. The third kappa shape index (κ3) is 9.02. The highest BCUT2D eigenvalue weighted by molar-refractivity contribution is 5.96. The van der Waals surface area contributed by atoms with Crippen LogP contribution in [0.1, 0.15) is 44.9 Å². The Morgan fingerprint density at radius 2 is 1.67 bits per heavy atom. The number of hydrogen-bond donors (Lipinski definition) is 7. The Morgan fingerprint density at radius 3 is 2.21 bits per heavy atom. The summed E-state index contributed by atoms with van der Waals surface area (Å²) in [5, 5.41) is 23.1. The molecule has 1 aliphatic rings. The van der Waals surface area contributed by atoms with Crippen LogP contribution in [0.15, 0.2) is 0 Å². The zero-order valence-corrected chi connectivity index (χ0v) is 18.2. The minimum atomic E-state index is -1.54. The number of rotatable bonds is 14. The number of nitrogens with zero attached hydrogens (tertiary/aromatic N) is 1. The molecule has 0 aromatic carbocycles. The van der Waals surface area contributed by atoms with Crippen LogP contribution < -0.4 is 27.8 Å². The van der Waals surface area contributed by atoms with Gasteiger partial charge in [0, 0.05) is 6.54 Å². The van der Waals surface area contributed by atoms with Crippen molar-refractivity contribution in [3.63, 3.8) is 0 Å². The predicted octanol–water partition coefficient (Wildman–Crippen LogP) is -3.16. The van der Waals surface area contributed by atoms with Gasteiger partial charge in [-0.2, -0.15) is 0 Å². The molecule has 0 aliphatic carbocycles. The van der Waals surface area contributed by atoms with E-state index in [1.54, 1.807) is 0 Å². The summed E-state index contributed by atoms with van der Waals surface area (Å²) < 4.78 is 0. The lowest BCUT2D eigenvalue weighted by Crippen LogP contribution is -2.57. The second-order valence-corrected chi connectivity index (χ2v) is 7.81. The van der Waals surface area contributed by atoms with Gasteiger partial charge < -0.3 is 42.9 Å². The molecule has 1 aliphatic heterocycles. The number of nitrogens with one attached hydrogen (secondary N) is 2. The summed E-state index contributed by atoms with van der Waals surface area (Å²) in [7, 11) is 0. The Hall–Kier alpha value is -3.26. The van der Waals surface area contributed by atoms with E-state index in [0.717, 1.165) is 4.90 Å². The summed E-state index contributed by atoms with van der Waals surface area (Å²) in [5.41, 5.74) is 15.9. The Morgan fingerprint density at radius 1 is 1.00 bits per heavy atom. The highest BCUT2D eigenvalue weighted by Gasteiger charge is 2.39. The summed E-state index contributed by atoms with van der Waals surface area (Å²) in [6.45, 7) is 0.492. The summed E-state index contributed by atoms with van der Waals surface area (Å²) >= 11 is 0. The van der Waals surface area contributed by atoms with E-state index in [1.165, 1.54) is 0 Å². The number of carboxylic acid groups (broad SMARTS) is 2. The first-order chi connectivity index (χ1) is 15.5. The molecule has 1 heterocycles. The maximum atomic E-state index is 13.0. The molecule has 33 heavy (non-hydrogen) atoms. The van der Waals surface area contributed by atoms with Crippen molar-refractivity contribution in [3.8, 4) is 0 Å². The highest BCUT2D eigenvalue weighted by Crippen LogP contribution is 2.20. The number of aliphatic carboxylic acids is 2. The Kier molecular flexibility index (Phi) is 11.2. The number of unbranched alkanes of at least 4 members (excludes halogenated alkanes) is 1. The molecule has 0 aromatic heterocycles. The van der Waals surface area contributed by atoms with Gasteiger partial charge >= 0.3 is 11.9 Å². The molecule has 4 atom stereocenters. The van der Waals surface area contributed by atoms with Crippen LogP contribution in [0.4, 0.5) is 0 Å². The fraction of sp³-hybridized carbons (Fsp3) is 0.684. The van der Waals surface area contributed by atoms with Gasteiger partial charge in [-0.25, -0.2) is 4.79 Å².